The van der Waals surface area contributed by atoms with Crippen molar-refractivity contribution in [3.05, 3.63) is 52.7 Å². The zero-order chi connectivity index (χ0) is 20.3. The second-order valence-corrected chi connectivity index (χ2v) is 6.44. The molecule has 0 unspecified atom stereocenters. The Morgan fingerprint density at radius 3 is 2.57 bits per heavy atom. The normalized spacial score (nSPS) is 10.6. The molecule has 7 heteroatoms. The van der Waals surface area contributed by atoms with Crippen LogP contribution in [0, 0.1) is 6.92 Å². The summed E-state index contributed by atoms with van der Waals surface area (Å²) in [6.45, 7) is 3.92. The second kappa shape index (κ2) is 8.35. The number of rotatable bonds is 6. The van der Waals surface area contributed by atoms with E-state index in [0.29, 0.717) is 33.3 Å². The Labute approximate surface area is 168 Å². The molecule has 0 bridgehead atoms. The Bertz CT molecular complexity index is 1040. The van der Waals surface area contributed by atoms with Crippen LogP contribution >= 0.6 is 11.6 Å². The molecule has 3 aromatic rings. The van der Waals surface area contributed by atoms with E-state index < -0.39 is 5.97 Å². The molecule has 3 rings (SSSR count). The van der Waals surface area contributed by atoms with Gasteiger partial charge >= 0.3 is 5.97 Å². The van der Waals surface area contributed by atoms with E-state index in [-0.39, 0.29) is 6.61 Å². The number of anilines is 2. The number of benzene rings is 2. The van der Waals surface area contributed by atoms with Gasteiger partial charge in [0, 0.05) is 28.4 Å². The van der Waals surface area contributed by atoms with Crippen LogP contribution in [0.2, 0.25) is 5.02 Å². The lowest BCUT2D eigenvalue weighted by Crippen LogP contribution is -2.09. The number of ether oxygens (including phenoxy) is 3. The lowest BCUT2D eigenvalue weighted by atomic mass is 10.1. The molecular weight excluding hydrogens is 380 g/mol. The van der Waals surface area contributed by atoms with Crippen molar-refractivity contribution in [2.24, 2.45) is 0 Å². The van der Waals surface area contributed by atoms with Crippen molar-refractivity contribution in [2.45, 2.75) is 13.8 Å². The highest BCUT2D eigenvalue weighted by atomic mass is 35.5. The van der Waals surface area contributed by atoms with Gasteiger partial charge in [0.05, 0.1) is 32.0 Å². The maximum Gasteiger partial charge on any atom is 0.341 e. The summed E-state index contributed by atoms with van der Waals surface area (Å²) < 4.78 is 15.9. The van der Waals surface area contributed by atoms with Crippen LogP contribution < -0.4 is 14.8 Å². The molecule has 0 aliphatic carbocycles. The SMILES string of the molecule is CCOC(=O)c1cnc2c(C)c(Cl)ccc2c1Nc1ccc(OC)c(OC)c1. The summed E-state index contributed by atoms with van der Waals surface area (Å²) in [4.78, 5) is 16.9. The van der Waals surface area contributed by atoms with Gasteiger partial charge in [-0.2, -0.15) is 0 Å². The van der Waals surface area contributed by atoms with E-state index in [4.69, 9.17) is 25.8 Å². The van der Waals surface area contributed by atoms with Crippen LogP contribution in [0.3, 0.4) is 0 Å². The molecule has 146 valence electrons. The molecule has 0 aliphatic heterocycles. The third kappa shape index (κ3) is 3.68. The molecule has 0 spiro atoms. The van der Waals surface area contributed by atoms with Crippen molar-refractivity contribution >= 4 is 39.8 Å². The molecule has 0 aliphatic rings. The molecule has 1 heterocycles. The monoisotopic (exact) mass is 400 g/mol. The molecule has 0 radical (unpaired) electrons. The number of methoxy groups -OCH3 is 2. The van der Waals surface area contributed by atoms with Gasteiger partial charge in [0.2, 0.25) is 0 Å². The Morgan fingerprint density at radius 1 is 1.14 bits per heavy atom. The predicted octanol–water partition coefficient (Wildman–Crippen LogP) is 5.13. The number of esters is 1. The van der Waals surface area contributed by atoms with Crippen LogP contribution in [0.1, 0.15) is 22.8 Å². The van der Waals surface area contributed by atoms with Gasteiger partial charge in [-0.1, -0.05) is 11.6 Å². The fraction of sp³-hybridized carbons (Fsp3) is 0.238. The van der Waals surface area contributed by atoms with Crippen molar-refractivity contribution in [2.75, 3.05) is 26.1 Å². The third-order valence-electron chi connectivity index (χ3n) is 4.37. The van der Waals surface area contributed by atoms with Crippen LogP contribution in [0.25, 0.3) is 10.9 Å². The molecular formula is C21H21ClN2O4. The Morgan fingerprint density at radius 2 is 1.89 bits per heavy atom. The van der Waals surface area contributed by atoms with E-state index in [9.17, 15) is 4.79 Å². The molecule has 0 amide bonds. The first-order valence-corrected chi connectivity index (χ1v) is 9.11. The topological polar surface area (TPSA) is 69.7 Å². The first-order valence-electron chi connectivity index (χ1n) is 8.74. The molecule has 0 saturated heterocycles. The number of aryl methyl sites for hydroxylation is 1. The molecule has 0 fully saturated rings. The minimum absolute atomic E-state index is 0.270. The van der Waals surface area contributed by atoms with Crippen molar-refractivity contribution in [3.63, 3.8) is 0 Å². The van der Waals surface area contributed by atoms with Crippen LogP contribution in [0.15, 0.2) is 36.5 Å². The van der Waals surface area contributed by atoms with Crippen LogP contribution in [-0.4, -0.2) is 31.8 Å². The minimum atomic E-state index is -0.451. The van der Waals surface area contributed by atoms with Gasteiger partial charge in [-0.25, -0.2) is 4.79 Å². The van der Waals surface area contributed by atoms with E-state index in [1.165, 1.54) is 6.20 Å². The zero-order valence-corrected chi connectivity index (χ0v) is 16.9. The number of carbonyl (C=O) groups excluding carboxylic acids is 1. The number of hydrogen-bond donors (Lipinski definition) is 1. The van der Waals surface area contributed by atoms with E-state index >= 15 is 0 Å². The first kappa shape index (κ1) is 19.8. The van der Waals surface area contributed by atoms with E-state index in [2.05, 4.69) is 10.3 Å². The Kier molecular flexibility index (Phi) is 5.90. The van der Waals surface area contributed by atoms with E-state index in [1.54, 1.807) is 39.3 Å². The van der Waals surface area contributed by atoms with Crippen molar-refractivity contribution in [1.82, 2.24) is 4.98 Å². The summed E-state index contributed by atoms with van der Waals surface area (Å²) in [7, 11) is 3.14. The smallest absolute Gasteiger partial charge is 0.341 e. The van der Waals surface area contributed by atoms with Gasteiger partial charge in [-0.05, 0) is 43.7 Å². The summed E-state index contributed by atoms with van der Waals surface area (Å²) in [5.74, 6) is 0.733. The number of nitrogens with one attached hydrogen (secondary N) is 1. The molecule has 0 atom stereocenters. The highest BCUT2D eigenvalue weighted by molar-refractivity contribution is 6.32. The molecule has 2 aromatic carbocycles. The van der Waals surface area contributed by atoms with Crippen LogP contribution in [0.5, 0.6) is 11.5 Å². The van der Waals surface area contributed by atoms with Gasteiger partial charge in [0.1, 0.15) is 5.56 Å². The number of aromatic nitrogens is 1. The van der Waals surface area contributed by atoms with Crippen molar-refractivity contribution in [3.8, 4) is 11.5 Å². The van der Waals surface area contributed by atoms with Gasteiger partial charge in [-0.3, -0.25) is 4.98 Å². The first-order chi connectivity index (χ1) is 13.5. The third-order valence-corrected chi connectivity index (χ3v) is 4.78. The number of nitrogens with zero attached hydrogens (tertiary/aromatic N) is 1. The van der Waals surface area contributed by atoms with Crippen LogP contribution in [-0.2, 0) is 4.74 Å². The lowest BCUT2D eigenvalue weighted by Gasteiger charge is -2.16. The van der Waals surface area contributed by atoms with E-state index in [1.807, 2.05) is 19.1 Å². The molecule has 0 saturated carbocycles. The van der Waals surface area contributed by atoms with Gasteiger partial charge in [-0.15, -0.1) is 0 Å². The lowest BCUT2D eigenvalue weighted by molar-refractivity contribution is 0.0527. The zero-order valence-electron chi connectivity index (χ0n) is 16.1. The van der Waals surface area contributed by atoms with Crippen molar-refractivity contribution < 1.29 is 19.0 Å². The maximum atomic E-state index is 12.5. The van der Waals surface area contributed by atoms with Crippen molar-refractivity contribution in [1.29, 1.82) is 0 Å². The summed E-state index contributed by atoms with van der Waals surface area (Å²) in [6.07, 6.45) is 1.51. The van der Waals surface area contributed by atoms with Gasteiger partial charge in [0.25, 0.3) is 0 Å². The average Bonchev–Trinajstić information content (AvgIpc) is 2.71. The highest BCUT2D eigenvalue weighted by Gasteiger charge is 2.19. The fourth-order valence-corrected chi connectivity index (χ4v) is 3.09. The Hall–Kier alpha value is -2.99. The summed E-state index contributed by atoms with van der Waals surface area (Å²) in [5.41, 5.74) is 3.21. The Balaban J connectivity index is 2.17. The summed E-state index contributed by atoms with van der Waals surface area (Å²) in [6, 6.07) is 9.05. The number of pyridine rings is 1. The standard InChI is InChI=1S/C21H21ClN2O4/c1-5-28-21(25)15-11-23-19-12(2)16(22)8-7-14(19)20(15)24-13-6-9-17(26-3)18(10-13)27-4/h6-11H,5H2,1-4H3,(H,23,24). The van der Waals surface area contributed by atoms with Gasteiger partial charge in [0.15, 0.2) is 11.5 Å². The fourth-order valence-electron chi connectivity index (χ4n) is 2.94. The van der Waals surface area contributed by atoms with Gasteiger partial charge < -0.3 is 19.5 Å². The number of carbonyl (C=O) groups is 1. The summed E-state index contributed by atoms with van der Waals surface area (Å²) >= 11 is 6.24. The number of fused-ring (bicyclic) bond motifs is 1. The average molecular weight is 401 g/mol. The second-order valence-electron chi connectivity index (χ2n) is 6.03. The molecule has 28 heavy (non-hydrogen) atoms. The predicted molar refractivity (Wildman–Crippen MR) is 110 cm³/mol. The molecule has 6 nitrogen and oxygen atoms in total. The van der Waals surface area contributed by atoms with Crippen LogP contribution in [0.4, 0.5) is 11.4 Å². The number of halogens is 1. The van der Waals surface area contributed by atoms with E-state index in [0.717, 1.165) is 16.6 Å². The molecule has 1 aromatic heterocycles. The largest absolute Gasteiger partial charge is 0.493 e. The number of hydrogen-bond acceptors (Lipinski definition) is 6. The molecule has 1 N–H and O–H groups in total. The quantitative estimate of drug-likeness (QED) is 0.578. The minimum Gasteiger partial charge on any atom is -0.493 e. The summed E-state index contributed by atoms with van der Waals surface area (Å²) in [5, 5.41) is 4.69. The highest BCUT2D eigenvalue weighted by Crippen LogP contribution is 2.36. The maximum absolute atomic E-state index is 12.5.